The van der Waals surface area contributed by atoms with Crippen molar-refractivity contribution < 1.29 is 9.21 Å². The summed E-state index contributed by atoms with van der Waals surface area (Å²) < 4.78 is 5.88. The molecule has 0 spiro atoms. The molecule has 2 heterocycles. The number of hydrogen-bond acceptors (Lipinski definition) is 3. The maximum atomic E-state index is 12.5. The standard InChI is InChI=1S/C26H30N2O2/c1-17-13-21-22(26(4,5)11-10-25(21,2)3)15-18(17)14-20-8-9-23(30-20)24(29)28-19-7-6-12-27-16-19/h6-9,12-13,15-16H,10-11,14H2,1-5H3,(H,28,29). The second kappa shape index (κ2) is 7.42. The van der Waals surface area contributed by atoms with E-state index in [1.165, 1.54) is 35.1 Å². The highest BCUT2D eigenvalue weighted by atomic mass is 16.3. The summed E-state index contributed by atoms with van der Waals surface area (Å²) in [6, 6.07) is 11.9. The molecule has 1 aliphatic carbocycles. The lowest BCUT2D eigenvalue weighted by molar-refractivity contribution is 0.0995. The predicted molar refractivity (Wildman–Crippen MR) is 120 cm³/mol. The minimum atomic E-state index is -0.265. The highest BCUT2D eigenvalue weighted by Crippen LogP contribution is 2.46. The first kappa shape index (κ1) is 20.4. The van der Waals surface area contributed by atoms with Gasteiger partial charge in [0.2, 0.25) is 0 Å². The topological polar surface area (TPSA) is 55.1 Å². The number of carbonyl (C=O) groups is 1. The van der Waals surface area contributed by atoms with E-state index >= 15 is 0 Å². The third kappa shape index (κ3) is 3.91. The lowest BCUT2D eigenvalue weighted by atomic mass is 9.62. The van der Waals surface area contributed by atoms with Crippen molar-refractivity contribution in [2.75, 3.05) is 5.32 Å². The van der Waals surface area contributed by atoms with Crippen LogP contribution in [0.2, 0.25) is 0 Å². The molecule has 0 radical (unpaired) electrons. The maximum Gasteiger partial charge on any atom is 0.291 e. The average Bonchev–Trinajstić information content (AvgIpc) is 3.16. The normalized spacial score (nSPS) is 16.7. The van der Waals surface area contributed by atoms with Gasteiger partial charge in [-0.25, -0.2) is 0 Å². The molecule has 0 saturated carbocycles. The van der Waals surface area contributed by atoms with E-state index < -0.39 is 0 Å². The molecule has 0 aliphatic heterocycles. The van der Waals surface area contributed by atoms with Gasteiger partial charge in [-0.1, -0.05) is 39.8 Å². The highest BCUT2D eigenvalue weighted by molar-refractivity contribution is 6.02. The average molecular weight is 403 g/mol. The zero-order valence-electron chi connectivity index (χ0n) is 18.5. The van der Waals surface area contributed by atoms with Crippen molar-refractivity contribution in [3.05, 3.63) is 82.6 Å². The van der Waals surface area contributed by atoms with Gasteiger partial charge in [-0.15, -0.1) is 0 Å². The van der Waals surface area contributed by atoms with Gasteiger partial charge in [-0.2, -0.15) is 0 Å². The first-order chi connectivity index (χ1) is 14.2. The Morgan fingerprint density at radius 1 is 1.07 bits per heavy atom. The molecule has 1 aromatic carbocycles. The number of benzene rings is 1. The maximum absolute atomic E-state index is 12.5. The summed E-state index contributed by atoms with van der Waals surface area (Å²) in [6.45, 7) is 11.5. The molecule has 1 N–H and O–H groups in total. The molecule has 4 rings (SSSR count). The van der Waals surface area contributed by atoms with Crippen molar-refractivity contribution in [1.29, 1.82) is 0 Å². The number of aryl methyl sites for hydroxylation is 1. The Morgan fingerprint density at radius 2 is 1.77 bits per heavy atom. The van der Waals surface area contributed by atoms with Crippen LogP contribution in [-0.2, 0) is 17.3 Å². The van der Waals surface area contributed by atoms with Crippen LogP contribution in [0, 0.1) is 6.92 Å². The van der Waals surface area contributed by atoms with Crippen molar-refractivity contribution >= 4 is 11.6 Å². The summed E-state index contributed by atoms with van der Waals surface area (Å²) >= 11 is 0. The van der Waals surface area contributed by atoms with Crippen LogP contribution in [0.25, 0.3) is 0 Å². The summed E-state index contributed by atoms with van der Waals surface area (Å²) in [6.07, 6.45) is 6.36. The minimum Gasteiger partial charge on any atom is -0.456 e. The van der Waals surface area contributed by atoms with Gasteiger partial charge in [0.15, 0.2) is 5.76 Å². The number of fused-ring (bicyclic) bond motifs is 1. The lowest BCUT2D eigenvalue weighted by Crippen LogP contribution is -2.34. The quantitative estimate of drug-likeness (QED) is 0.567. The molecule has 3 aromatic rings. The number of rotatable bonds is 4. The van der Waals surface area contributed by atoms with Crippen LogP contribution in [0.1, 0.15) is 79.1 Å². The number of amides is 1. The van der Waals surface area contributed by atoms with Gasteiger partial charge in [-0.3, -0.25) is 9.78 Å². The fourth-order valence-electron chi connectivity index (χ4n) is 4.37. The Bertz CT molecular complexity index is 1080. The van der Waals surface area contributed by atoms with Crippen LogP contribution < -0.4 is 5.32 Å². The molecule has 4 nitrogen and oxygen atoms in total. The van der Waals surface area contributed by atoms with Crippen LogP contribution in [0.4, 0.5) is 5.69 Å². The summed E-state index contributed by atoms with van der Waals surface area (Å²) in [4.78, 5) is 16.5. The van der Waals surface area contributed by atoms with Gasteiger partial charge < -0.3 is 9.73 Å². The van der Waals surface area contributed by atoms with E-state index in [4.69, 9.17) is 4.42 Å². The number of furan rings is 1. The van der Waals surface area contributed by atoms with Crippen molar-refractivity contribution in [2.45, 2.75) is 64.7 Å². The van der Waals surface area contributed by atoms with E-state index in [2.05, 4.69) is 57.1 Å². The number of hydrogen-bond donors (Lipinski definition) is 1. The van der Waals surface area contributed by atoms with E-state index in [0.717, 1.165) is 5.76 Å². The Kier molecular flexibility index (Phi) is 5.05. The largest absolute Gasteiger partial charge is 0.456 e. The molecule has 1 amide bonds. The van der Waals surface area contributed by atoms with Crippen LogP contribution in [-0.4, -0.2) is 10.9 Å². The second-order valence-corrected chi connectivity index (χ2v) is 9.73. The van der Waals surface area contributed by atoms with E-state index in [9.17, 15) is 4.79 Å². The van der Waals surface area contributed by atoms with Crippen molar-refractivity contribution in [3.8, 4) is 0 Å². The Balaban J connectivity index is 1.58. The fraction of sp³-hybridized carbons (Fsp3) is 0.385. The van der Waals surface area contributed by atoms with Crippen LogP contribution in [0.5, 0.6) is 0 Å². The van der Waals surface area contributed by atoms with Gasteiger partial charge >= 0.3 is 0 Å². The molecule has 30 heavy (non-hydrogen) atoms. The molecule has 2 aromatic heterocycles. The summed E-state index contributed by atoms with van der Waals surface area (Å²) in [5, 5.41) is 2.81. The van der Waals surface area contributed by atoms with Crippen molar-refractivity contribution in [2.24, 2.45) is 0 Å². The van der Waals surface area contributed by atoms with Gasteiger partial charge in [0.25, 0.3) is 5.91 Å². The fourth-order valence-corrected chi connectivity index (χ4v) is 4.37. The first-order valence-corrected chi connectivity index (χ1v) is 10.6. The number of aromatic nitrogens is 1. The predicted octanol–water partition coefficient (Wildman–Crippen LogP) is 6.18. The summed E-state index contributed by atoms with van der Waals surface area (Å²) in [5.74, 6) is 0.840. The number of nitrogens with one attached hydrogen (secondary N) is 1. The highest BCUT2D eigenvalue weighted by Gasteiger charge is 2.37. The Hall–Kier alpha value is -2.88. The SMILES string of the molecule is Cc1cc2c(cc1Cc1ccc(C(=O)Nc3cccnc3)o1)C(C)(C)CCC2(C)C. The van der Waals surface area contributed by atoms with Gasteiger partial charge in [0, 0.05) is 12.6 Å². The zero-order valence-corrected chi connectivity index (χ0v) is 18.5. The summed E-state index contributed by atoms with van der Waals surface area (Å²) in [5.41, 5.74) is 6.47. The molecular formula is C26H30N2O2. The molecular weight excluding hydrogens is 372 g/mol. The Labute approximate surface area is 178 Å². The van der Waals surface area contributed by atoms with E-state index in [1.807, 2.05) is 6.07 Å². The molecule has 1 aliphatic rings. The first-order valence-electron chi connectivity index (χ1n) is 10.6. The monoisotopic (exact) mass is 402 g/mol. The second-order valence-electron chi connectivity index (χ2n) is 9.73. The molecule has 0 saturated heterocycles. The van der Waals surface area contributed by atoms with Crippen LogP contribution in [0.3, 0.4) is 0 Å². The zero-order chi connectivity index (χ0) is 21.5. The number of pyridine rings is 1. The van der Waals surface area contributed by atoms with Crippen molar-refractivity contribution in [1.82, 2.24) is 4.98 Å². The van der Waals surface area contributed by atoms with E-state index in [-0.39, 0.29) is 16.7 Å². The Morgan fingerprint density at radius 3 is 2.43 bits per heavy atom. The van der Waals surface area contributed by atoms with Crippen molar-refractivity contribution in [3.63, 3.8) is 0 Å². The van der Waals surface area contributed by atoms with Crippen LogP contribution >= 0.6 is 0 Å². The smallest absolute Gasteiger partial charge is 0.291 e. The van der Waals surface area contributed by atoms with Gasteiger partial charge in [-0.05, 0) is 77.1 Å². The lowest BCUT2D eigenvalue weighted by Gasteiger charge is -2.42. The molecule has 0 bridgehead atoms. The van der Waals surface area contributed by atoms with Crippen LogP contribution in [0.15, 0.2) is 53.2 Å². The van der Waals surface area contributed by atoms with E-state index in [0.29, 0.717) is 17.9 Å². The number of carbonyl (C=O) groups excluding carboxylic acids is 1. The third-order valence-corrected chi connectivity index (χ3v) is 6.48. The van der Waals surface area contributed by atoms with Gasteiger partial charge in [0.05, 0.1) is 11.9 Å². The number of nitrogens with zero attached hydrogens (tertiary/aromatic N) is 1. The van der Waals surface area contributed by atoms with Gasteiger partial charge in [0.1, 0.15) is 5.76 Å². The third-order valence-electron chi connectivity index (χ3n) is 6.48. The van der Waals surface area contributed by atoms with E-state index in [1.54, 1.807) is 30.6 Å². The molecule has 0 atom stereocenters. The molecule has 156 valence electrons. The summed E-state index contributed by atoms with van der Waals surface area (Å²) in [7, 11) is 0. The molecule has 0 unspecified atom stereocenters. The molecule has 0 fully saturated rings. The molecule has 4 heteroatoms. The minimum absolute atomic E-state index is 0.172. The number of anilines is 1.